The van der Waals surface area contributed by atoms with Crippen LogP contribution in [-0.2, 0) is 24.8 Å². The first-order valence-electron chi connectivity index (χ1n) is 9.05. The lowest BCUT2D eigenvalue weighted by Gasteiger charge is -2.42. The normalized spacial score (nSPS) is 21.9. The lowest BCUT2D eigenvalue weighted by molar-refractivity contribution is -0.135. The molecule has 1 aliphatic rings. The van der Waals surface area contributed by atoms with E-state index in [2.05, 4.69) is 11.8 Å². The SMILES string of the molecule is CC#CC(C)Oc1ccc(S(=O)(=O)N2CCN(S(C)(=O)=O)C(C)C2C(=O)NO)cc1. The summed E-state index contributed by atoms with van der Waals surface area (Å²) in [6, 6.07) is 3.14. The number of nitrogens with zero attached hydrogens (tertiary/aromatic N) is 2. The fourth-order valence-corrected chi connectivity index (χ4v) is 6.13. The van der Waals surface area contributed by atoms with Gasteiger partial charge in [-0.15, -0.1) is 5.92 Å². The Morgan fingerprint density at radius 1 is 1.20 bits per heavy atom. The van der Waals surface area contributed by atoms with Crippen molar-refractivity contribution in [3.63, 3.8) is 0 Å². The molecule has 12 heteroatoms. The van der Waals surface area contributed by atoms with Crippen LogP contribution in [0, 0.1) is 11.8 Å². The van der Waals surface area contributed by atoms with Crippen molar-refractivity contribution >= 4 is 26.0 Å². The summed E-state index contributed by atoms with van der Waals surface area (Å²) >= 11 is 0. The number of nitrogens with one attached hydrogen (secondary N) is 1. The van der Waals surface area contributed by atoms with E-state index in [4.69, 9.17) is 9.94 Å². The van der Waals surface area contributed by atoms with Crippen molar-refractivity contribution in [1.82, 2.24) is 14.1 Å². The Balaban J connectivity index is 2.37. The van der Waals surface area contributed by atoms with Crippen LogP contribution in [0.5, 0.6) is 5.75 Å². The maximum atomic E-state index is 13.2. The zero-order valence-electron chi connectivity index (χ0n) is 17.1. The molecule has 3 atom stereocenters. The fraction of sp³-hybridized carbons (Fsp3) is 0.500. The number of sulfonamides is 2. The third kappa shape index (κ3) is 5.11. The van der Waals surface area contributed by atoms with Crippen molar-refractivity contribution in [2.45, 2.75) is 43.9 Å². The largest absolute Gasteiger partial charge is 0.478 e. The lowest BCUT2D eigenvalue weighted by atomic mass is 10.1. The summed E-state index contributed by atoms with van der Waals surface area (Å²) in [5, 5.41) is 9.10. The number of hydrogen-bond donors (Lipinski definition) is 2. The minimum atomic E-state index is -4.17. The second-order valence-electron chi connectivity index (χ2n) is 6.78. The summed E-state index contributed by atoms with van der Waals surface area (Å²) in [6.45, 7) is 4.47. The van der Waals surface area contributed by atoms with Gasteiger partial charge in [0, 0.05) is 19.1 Å². The molecule has 0 bridgehead atoms. The summed E-state index contributed by atoms with van der Waals surface area (Å²) in [5.41, 5.74) is 1.43. The highest BCUT2D eigenvalue weighted by atomic mass is 32.2. The number of amides is 1. The highest BCUT2D eigenvalue weighted by Crippen LogP contribution is 2.28. The molecule has 1 fully saturated rings. The first-order valence-corrected chi connectivity index (χ1v) is 12.3. The van der Waals surface area contributed by atoms with Gasteiger partial charge >= 0.3 is 0 Å². The molecule has 1 amide bonds. The summed E-state index contributed by atoms with van der Waals surface area (Å²) < 4.78 is 57.9. The van der Waals surface area contributed by atoms with E-state index >= 15 is 0 Å². The standard InChI is InChI=1S/C18H25N3O7S2/c1-5-6-13(2)28-15-7-9-16(10-8-15)30(26,27)21-12-11-20(29(4,24)25)14(3)17(21)18(22)19-23/h7-10,13-14,17,23H,11-12H2,1-4H3,(H,19,22). The molecule has 2 N–H and O–H groups in total. The van der Waals surface area contributed by atoms with Gasteiger partial charge in [-0.05, 0) is 45.0 Å². The van der Waals surface area contributed by atoms with Crippen LogP contribution in [0.25, 0.3) is 0 Å². The average molecular weight is 460 g/mol. The molecule has 1 aromatic rings. The Bertz CT molecular complexity index is 1040. The Hall–Kier alpha value is -2.17. The van der Waals surface area contributed by atoms with E-state index in [1.165, 1.54) is 36.7 Å². The van der Waals surface area contributed by atoms with E-state index in [0.717, 1.165) is 14.9 Å². The number of benzene rings is 1. The van der Waals surface area contributed by atoms with Crippen molar-refractivity contribution in [2.75, 3.05) is 19.3 Å². The predicted octanol–water partition coefficient (Wildman–Crippen LogP) is 0.00560. The van der Waals surface area contributed by atoms with Crippen molar-refractivity contribution in [2.24, 2.45) is 0 Å². The zero-order chi connectivity index (χ0) is 22.7. The van der Waals surface area contributed by atoms with Crippen LogP contribution in [0.1, 0.15) is 20.8 Å². The number of ether oxygens (including phenoxy) is 1. The minimum absolute atomic E-state index is 0.0974. The van der Waals surface area contributed by atoms with Gasteiger partial charge in [-0.25, -0.2) is 22.3 Å². The second kappa shape index (κ2) is 9.32. The molecule has 10 nitrogen and oxygen atoms in total. The Morgan fingerprint density at radius 3 is 2.27 bits per heavy atom. The number of hydrogen-bond acceptors (Lipinski definition) is 7. The molecule has 1 aromatic carbocycles. The number of carbonyl (C=O) groups excluding carboxylic acids is 1. The number of rotatable bonds is 6. The summed E-state index contributed by atoms with van der Waals surface area (Å²) in [5.74, 6) is 4.94. The maximum absolute atomic E-state index is 13.2. The number of piperazine rings is 1. The molecule has 1 aliphatic heterocycles. The van der Waals surface area contributed by atoms with Crippen LogP contribution >= 0.6 is 0 Å². The summed E-state index contributed by atoms with van der Waals surface area (Å²) in [7, 11) is -7.85. The molecule has 0 spiro atoms. The van der Waals surface area contributed by atoms with Crippen molar-refractivity contribution in [3.05, 3.63) is 24.3 Å². The van der Waals surface area contributed by atoms with Crippen LogP contribution in [0.15, 0.2) is 29.2 Å². The quantitative estimate of drug-likeness (QED) is 0.348. The molecule has 0 aliphatic carbocycles. The van der Waals surface area contributed by atoms with E-state index in [0.29, 0.717) is 5.75 Å². The molecule has 2 rings (SSSR count). The van der Waals surface area contributed by atoms with Gasteiger partial charge in [0.25, 0.3) is 5.91 Å². The first-order chi connectivity index (χ1) is 13.9. The van der Waals surface area contributed by atoms with Gasteiger partial charge in [-0.2, -0.15) is 8.61 Å². The third-order valence-corrected chi connectivity index (χ3v) is 7.92. The molecule has 1 heterocycles. The Morgan fingerprint density at radius 2 is 1.77 bits per heavy atom. The van der Waals surface area contributed by atoms with Crippen molar-refractivity contribution in [1.29, 1.82) is 0 Å². The monoisotopic (exact) mass is 459 g/mol. The molecule has 0 aromatic heterocycles. The van der Waals surface area contributed by atoms with Crippen molar-refractivity contribution in [3.8, 4) is 17.6 Å². The van der Waals surface area contributed by atoms with Crippen LogP contribution in [-0.4, -0.2) is 74.1 Å². The molecular formula is C18H25N3O7S2. The molecule has 3 unspecified atom stereocenters. The number of carbonyl (C=O) groups is 1. The van der Waals surface area contributed by atoms with Crippen LogP contribution in [0.4, 0.5) is 0 Å². The van der Waals surface area contributed by atoms with E-state index in [1.54, 1.807) is 13.8 Å². The van der Waals surface area contributed by atoms with Gasteiger partial charge < -0.3 is 4.74 Å². The molecule has 166 valence electrons. The van der Waals surface area contributed by atoms with E-state index < -0.39 is 38.0 Å². The molecule has 0 radical (unpaired) electrons. The fourth-order valence-electron chi connectivity index (χ4n) is 3.35. The van der Waals surface area contributed by atoms with Crippen LogP contribution < -0.4 is 10.2 Å². The van der Waals surface area contributed by atoms with Crippen molar-refractivity contribution < 1.29 is 31.6 Å². The van der Waals surface area contributed by atoms with Gasteiger partial charge in [-0.1, -0.05) is 5.92 Å². The highest BCUT2D eigenvalue weighted by molar-refractivity contribution is 7.89. The van der Waals surface area contributed by atoms with Crippen LogP contribution in [0.3, 0.4) is 0 Å². The smallest absolute Gasteiger partial charge is 0.263 e. The maximum Gasteiger partial charge on any atom is 0.263 e. The molecule has 1 saturated heterocycles. The van der Waals surface area contributed by atoms with E-state index in [9.17, 15) is 21.6 Å². The highest BCUT2D eigenvalue weighted by Gasteiger charge is 2.47. The van der Waals surface area contributed by atoms with Gasteiger partial charge in [0.15, 0.2) is 6.10 Å². The average Bonchev–Trinajstić information content (AvgIpc) is 2.66. The second-order valence-corrected chi connectivity index (χ2v) is 10.6. The summed E-state index contributed by atoms with van der Waals surface area (Å²) in [6.07, 6.45) is 0.601. The van der Waals surface area contributed by atoms with Gasteiger partial charge in [0.1, 0.15) is 11.8 Å². The van der Waals surface area contributed by atoms with Gasteiger partial charge in [0.2, 0.25) is 20.0 Å². The van der Waals surface area contributed by atoms with Crippen LogP contribution in [0.2, 0.25) is 0 Å². The minimum Gasteiger partial charge on any atom is -0.478 e. The molecule has 0 saturated carbocycles. The van der Waals surface area contributed by atoms with E-state index in [1.807, 2.05) is 0 Å². The molecule has 30 heavy (non-hydrogen) atoms. The van der Waals surface area contributed by atoms with Gasteiger partial charge in [-0.3, -0.25) is 10.0 Å². The first kappa shape index (κ1) is 24.1. The topological polar surface area (TPSA) is 133 Å². The third-order valence-electron chi connectivity index (χ3n) is 4.66. The lowest BCUT2D eigenvalue weighted by Crippen LogP contribution is -2.65. The Kier molecular flexibility index (Phi) is 7.49. The summed E-state index contributed by atoms with van der Waals surface area (Å²) in [4.78, 5) is 12.2. The van der Waals surface area contributed by atoms with E-state index in [-0.39, 0.29) is 24.1 Å². The Labute approximate surface area is 176 Å². The predicted molar refractivity (Wildman–Crippen MR) is 109 cm³/mol. The number of hydroxylamine groups is 1. The van der Waals surface area contributed by atoms with Gasteiger partial charge in [0.05, 0.1) is 11.2 Å². The molecular weight excluding hydrogens is 434 g/mol. The zero-order valence-corrected chi connectivity index (χ0v) is 18.7.